The molecule has 2 aromatic rings. The van der Waals surface area contributed by atoms with E-state index in [2.05, 4.69) is 10.3 Å². The molecule has 0 bridgehead atoms. The lowest BCUT2D eigenvalue weighted by Gasteiger charge is -2.07. The van der Waals surface area contributed by atoms with Crippen LogP contribution in [0.5, 0.6) is 0 Å². The van der Waals surface area contributed by atoms with E-state index in [4.69, 9.17) is 5.73 Å². The van der Waals surface area contributed by atoms with Gasteiger partial charge in [0.05, 0.1) is 11.5 Å². The minimum Gasteiger partial charge on any atom is -0.370 e. The van der Waals surface area contributed by atoms with Gasteiger partial charge in [0.15, 0.2) is 15.8 Å². The van der Waals surface area contributed by atoms with Crippen molar-refractivity contribution in [1.29, 1.82) is 0 Å². The van der Waals surface area contributed by atoms with Gasteiger partial charge < -0.3 is 11.1 Å². The van der Waals surface area contributed by atoms with Crippen LogP contribution in [-0.2, 0) is 15.6 Å². The largest absolute Gasteiger partial charge is 0.370 e. The molecule has 0 aliphatic carbocycles. The van der Waals surface area contributed by atoms with Gasteiger partial charge in [0.2, 0.25) is 0 Å². The van der Waals surface area contributed by atoms with Gasteiger partial charge in [-0.15, -0.1) is 0 Å². The Morgan fingerprint density at radius 3 is 2.58 bits per heavy atom. The predicted molar refractivity (Wildman–Crippen MR) is 99.8 cm³/mol. The van der Waals surface area contributed by atoms with Gasteiger partial charge in [-0.05, 0) is 36.6 Å². The smallest absolute Gasteiger partial charge is 0.193 e. The number of hydrogen-bond acceptors (Lipinski definition) is 3. The van der Waals surface area contributed by atoms with Crippen molar-refractivity contribution in [2.45, 2.75) is 19.1 Å². The first kappa shape index (κ1) is 18.0. The van der Waals surface area contributed by atoms with Gasteiger partial charge in [-0.1, -0.05) is 42.5 Å². The second-order valence-electron chi connectivity index (χ2n) is 5.69. The molecule has 0 saturated heterocycles. The first-order chi connectivity index (χ1) is 11.4. The number of hydrogen-bond donors (Lipinski definition) is 2. The Morgan fingerprint density at radius 1 is 1.12 bits per heavy atom. The average Bonchev–Trinajstić information content (AvgIpc) is 2.52. The number of nitrogens with two attached hydrogens (primary N) is 1. The third-order valence-corrected chi connectivity index (χ3v) is 5.10. The molecule has 0 aromatic heterocycles. The van der Waals surface area contributed by atoms with Crippen LogP contribution in [0.15, 0.2) is 59.6 Å². The van der Waals surface area contributed by atoms with Crippen molar-refractivity contribution in [2.75, 3.05) is 17.6 Å². The van der Waals surface area contributed by atoms with Gasteiger partial charge in [0, 0.05) is 12.2 Å². The minimum atomic E-state index is -3.13. The number of rotatable bonds is 7. The summed E-state index contributed by atoms with van der Waals surface area (Å²) in [7, 11) is -3.13. The number of sulfone groups is 1. The standard InChI is InChI=1S/C18H23N3O2S/c1-15-7-5-10-17(13-15)21-18(19)20-11-6-12-24(22,23)14-16-8-3-2-4-9-16/h2-5,7-10,13H,6,11-12,14H2,1H3,(H3,19,20,21). The lowest BCUT2D eigenvalue weighted by atomic mass is 10.2. The second-order valence-corrected chi connectivity index (χ2v) is 7.88. The highest BCUT2D eigenvalue weighted by atomic mass is 32.2. The van der Waals surface area contributed by atoms with E-state index in [0.717, 1.165) is 16.8 Å². The number of nitrogens with zero attached hydrogens (tertiary/aromatic N) is 1. The molecule has 0 radical (unpaired) electrons. The van der Waals surface area contributed by atoms with Crippen LogP contribution in [0.4, 0.5) is 5.69 Å². The normalized spacial score (nSPS) is 12.1. The van der Waals surface area contributed by atoms with Gasteiger partial charge in [-0.3, -0.25) is 4.99 Å². The molecule has 0 atom stereocenters. The molecule has 0 aliphatic heterocycles. The lowest BCUT2D eigenvalue weighted by Crippen LogP contribution is -2.23. The molecule has 3 N–H and O–H groups in total. The molecule has 2 rings (SSSR count). The maximum atomic E-state index is 12.1. The van der Waals surface area contributed by atoms with Crippen LogP contribution in [0, 0.1) is 6.92 Å². The Kier molecular flexibility index (Phi) is 6.37. The number of guanidine groups is 1. The van der Waals surface area contributed by atoms with E-state index in [1.54, 1.807) is 0 Å². The van der Waals surface area contributed by atoms with Gasteiger partial charge in [-0.2, -0.15) is 0 Å². The fourth-order valence-corrected chi connectivity index (χ4v) is 3.71. The Balaban J connectivity index is 1.78. The topological polar surface area (TPSA) is 84.5 Å². The van der Waals surface area contributed by atoms with E-state index in [1.165, 1.54) is 0 Å². The fraction of sp³-hybridized carbons (Fsp3) is 0.278. The van der Waals surface area contributed by atoms with E-state index >= 15 is 0 Å². The Morgan fingerprint density at radius 2 is 1.88 bits per heavy atom. The quantitative estimate of drug-likeness (QED) is 0.459. The Labute approximate surface area is 143 Å². The van der Waals surface area contributed by atoms with Crippen LogP contribution in [0.2, 0.25) is 0 Å². The summed E-state index contributed by atoms with van der Waals surface area (Å²) < 4.78 is 24.2. The van der Waals surface area contributed by atoms with Crippen molar-refractivity contribution in [2.24, 2.45) is 10.7 Å². The minimum absolute atomic E-state index is 0.0641. The summed E-state index contributed by atoms with van der Waals surface area (Å²) in [6.45, 7) is 2.37. The molecule has 0 fully saturated rings. The summed E-state index contributed by atoms with van der Waals surface area (Å²) in [5.41, 5.74) is 8.62. The molecular formula is C18H23N3O2S. The number of aliphatic imine (C=N–C) groups is 1. The second kappa shape index (κ2) is 8.49. The molecule has 0 saturated carbocycles. The molecule has 5 nitrogen and oxygen atoms in total. The van der Waals surface area contributed by atoms with Crippen molar-refractivity contribution in [3.05, 3.63) is 65.7 Å². The highest BCUT2D eigenvalue weighted by molar-refractivity contribution is 7.90. The van der Waals surface area contributed by atoms with E-state index in [1.807, 2.05) is 61.5 Å². The monoisotopic (exact) mass is 345 g/mol. The van der Waals surface area contributed by atoms with Crippen molar-refractivity contribution in [3.8, 4) is 0 Å². The number of benzene rings is 2. The highest BCUT2D eigenvalue weighted by Gasteiger charge is 2.11. The van der Waals surface area contributed by atoms with Crippen molar-refractivity contribution in [1.82, 2.24) is 0 Å². The fourth-order valence-electron chi connectivity index (χ4n) is 2.29. The Hall–Kier alpha value is -2.34. The number of aryl methyl sites for hydroxylation is 1. The zero-order valence-electron chi connectivity index (χ0n) is 13.8. The highest BCUT2D eigenvalue weighted by Crippen LogP contribution is 2.09. The van der Waals surface area contributed by atoms with Crippen LogP contribution in [0.1, 0.15) is 17.5 Å². The van der Waals surface area contributed by atoms with E-state index in [-0.39, 0.29) is 11.5 Å². The van der Waals surface area contributed by atoms with Crippen LogP contribution in [-0.4, -0.2) is 26.7 Å². The summed E-state index contributed by atoms with van der Waals surface area (Å²) in [4.78, 5) is 4.18. The SMILES string of the molecule is Cc1cccc(NC(N)=NCCCS(=O)(=O)Cc2ccccc2)c1. The third-order valence-electron chi connectivity index (χ3n) is 3.42. The van der Waals surface area contributed by atoms with Crippen LogP contribution < -0.4 is 11.1 Å². The molecule has 24 heavy (non-hydrogen) atoms. The van der Waals surface area contributed by atoms with Gasteiger partial charge in [0.1, 0.15) is 0 Å². The van der Waals surface area contributed by atoms with Crippen LogP contribution in [0.3, 0.4) is 0 Å². The first-order valence-corrected chi connectivity index (χ1v) is 9.65. The van der Waals surface area contributed by atoms with Gasteiger partial charge >= 0.3 is 0 Å². The van der Waals surface area contributed by atoms with Gasteiger partial charge in [0.25, 0.3) is 0 Å². The molecule has 0 spiro atoms. The summed E-state index contributed by atoms with van der Waals surface area (Å²) in [6, 6.07) is 17.0. The van der Waals surface area contributed by atoms with Gasteiger partial charge in [-0.25, -0.2) is 8.42 Å². The van der Waals surface area contributed by atoms with E-state index < -0.39 is 9.84 Å². The Bertz CT molecular complexity index is 787. The molecule has 6 heteroatoms. The first-order valence-electron chi connectivity index (χ1n) is 7.82. The van der Waals surface area contributed by atoms with Crippen LogP contribution in [0.25, 0.3) is 0 Å². The van der Waals surface area contributed by atoms with Crippen molar-refractivity contribution in [3.63, 3.8) is 0 Å². The third kappa shape index (κ3) is 6.42. The van der Waals surface area contributed by atoms with Crippen molar-refractivity contribution < 1.29 is 8.42 Å². The van der Waals surface area contributed by atoms with Crippen LogP contribution >= 0.6 is 0 Å². The average molecular weight is 345 g/mol. The lowest BCUT2D eigenvalue weighted by molar-refractivity contribution is 0.593. The maximum absolute atomic E-state index is 12.1. The predicted octanol–water partition coefficient (Wildman–Crippen LogP) is 2.73. The summed E-state index contributed by atoms with van der Waals surface area (Å²) >= 11 is 0. The summed E-state index contributed by atoms with van der Waals surface area (Å²) in [6.07, 6.45) is 0.450. The van der Waals surface area contributed by atoms with E-state index in [9.17, 15) is 8.42 Å². The summed E-state index contributed by atoms with van der Waals surface area (Å²) in [5, 5.41) is 3.00. The molecule has 0 aliphatic rings. The number of anilines is 1. The molecule has 0 amide bonds. The molecule has 0 heterocycles. The molecule has 0 unspecified atom stereocenters. The molecule has 128 valence electrons. The zero-order valence-corrected chi connectivity index (χ0v) is 14.6. The van der Waals surface area contributed by atoms with E-state index in [0.29, 0.717) is 18.9 Å². The zero-order chi connectivity index (χ0) is 17.4. The van der Waals surface area contributed by atoms with Crippen molar-refractivity contribution >= 4 is 21.5 Å². The summed E-state index contributed by atoms with van der Waals surface area (Å²) in [5.74, 6) is 0.457. The number of nitrogens with one attached hydrogen (secondary N) is 1. The maximum Gasteiger partial charge on any atom is 0.193 e. The molecular weight excluding hydrogens is 322 g/mol. The molecule has 2 aromatic carbocycles.